The Balaban J connectivity index is 1.36. The van der Waals surface area contributed by atoms with E-state index >= 15 is 0 Å². The van der Waals surface area contributed by atoms with Gasteiger partial charge in [0.25, 0.3) is 0 Å². The van der Waals surface area contributed by atoms with Crippen molar-refractivity contribution in [2.75, 3.05) is 51.3 Å². The van der Waals surface area contributed by atoms with Gasteiger partial charge in [0.1, 0.15) is 5.75 Å². The molecule has 2 atom stereocenters. The molecule has 2 N–H and O–H groups in total. The van der Waals surface area contributed by atoms with Crippen molar-refractivity contribution in [1.82, 2.24) is 10.2 Å². The molecule has 152 valence electrons. The molecule has 0 aromatic heterocycles. The maximum atomic E-state index is 10.4. The van der Waals surface area contributed by atoms with Gasteiger partial charge in [0.2, 0.25) is 0 Å². The Morgan fingerprint density at radius 2 is 1.68 bits per heavy atom. The molecule has 0 radical (unpaired) electrons. The Labute approximate surface area is 168 Å². The van der Waals surface area contributed by atoms with Gasteiger partial charge in [0, 0.05) is 32.2 Å². The van der Waals surface area contributed by atoms with Crippen LogP contribution in [-0.4, -0.2) is 62.4 Å². The van der Waals surface area contributed by atoms with Crippen LogP contribution in [0.4, 0.5) is 5.69 Å². The number of anilines is 1. The maximum Gasteiger partial charge on any atom is 0.142 e. The molecule has 1 saturated heterocycles. The Hall–Kier alpha value is -2.08. The molecule has 1 fully saturated rings. The Bertz CT molecular complexity index is 702. The molecule has 0 spiro atoms. The average Bonchev–Trinajstić information content (AvgIpc) is 2.77. The number of aliphatic hydroxyl groups is 1. The molecule has 5 heteroatoms. The molecule has 3 rings (SSSR count). The summed E-state index contributed by atoms with van der Waals surface area (Å²) < 4.78 is 5.49. The summed E-state index contributed by atoms with van der Waals surface area (Å²) in [6, 6.07) is 18.2. The minimum atomic E-state index is -0.467. The van der Waals surface area contributed by atoms with E-state index in [2.05, 4.69) is 27.2 Å². The van der Waals surface area contributed by atoms with Gasteiger partial charge in [-0.3, -0.25) is 4.90 Å². The number of aliphatic hydroxyl groups excluding tert-OH is 1. The third-order valence-electron chi connectivity index (χ3n) is 5.53. The predicted octanol–water partition coefficient (Wildman–Crippen LogP) is 2.92. The van der Waals surface area contributed by atoms with E-state index < -0.39 is 6.10 Å². The molecule has 1 aliphatic heterocycles. The van der Waals surface area contributed by atoms with E-state index in [1.807, 2.05) is 49.4 Å². The molecule has 0 amide bonds. The van der Waals surface area contributed by atoms with Crippen LogP contribution >= 0.6 is 0 Å². The third kappa shape index (κ3) is 5.47. The van der Waals surface area contributed by atoms with Crippen molar-refractivity contribution < 1.29 is 9.84 Å². The minimum absolute atomic E-state index is 0.0461. The lowest BCUT2D eigenvalue weighted by Gasteiger charge is -2.36. The van der Waals surface area contributed by atoms with Crippen molar-refractivity contribution in [3.05, 3.63) is 60.2 Å². The molecular weight excluding hydrogens is 350 g/mol. The second-order valence-electron chi connectivity index (χ2n) is 7.45. The zero-order valence-corrected chi connectivity index (χ0v) is 17.1. The molecule has 0 bridgehead atoms. The fourth-order valence-corrected chi connectivity index (χ4v) is 3.79. The van der Waals surface area contributed by atoms with E-state index in [0.29, 0.717) is 0 Å². The van der Waals surface area contributed by atoms with Gasteiger partial charge in [-0.2, -0.15) is 0 Å². The van der Waals surface area contributed by atoms with Gasteiger partial charge in [0.05, 0.1) is 18.9 Å². The van der Waals surface area contributed by atoms with Crippen molar-refractivity contribution in [1.29, 1.82) is 0 Å². The van der Waals surface area contributed by atoms with Crippen LogP contribution in [0.15, 0.2) is 54.6 Å². The summed E-state index contributed by atoms with van der Waals surface area (Å²) in [7, 11) is 1.73. The van der Waals surface area contributed by atoms with Crippen LogP contribution in [0, 0.1) is 0 Å². The molecule has 2 unspecified atom stereocenters. The number of nitrogens with zero attached hydrogens (tertiary/aromatic N) is 2. The first kappa shape index (κ1) is 20.6. The highest BCUT2D eigenvalue weighted by Crippen LogP contribution is 2.28. The van der Waals surface area contributed by atoms with Gasteiger partial charge in [0.15, 0.2) is 0 Å². The molecule has 0 aliphatic carbocycles. The van der Waals surface area contributed by atoms with Crippen LogP contribution < -0.4 is 15.0 Å². The number of hydrogen-bond acceptors (Lipinski definition) is 5. The van der Waals surface area contributed by atoms with Crippen molar-refractivity contribution >= 4 is 5.69 Å². The number of ether oxygens (including phenoxy) is 1. The van der Waals surface area contributed by atoms with Gasteiger partial charge in [-0.15, -0.1) is 0 Å². The van der Waals surface area contributed by atoms with Crippen molar-refractivity contribution in [3.63, 3.8) is 0 Å². The number of rotatable bonds is 9. The van der Waals surface area contributed by atoms with Crippen LogP contribution in [-0.2, 0) is 0 Å². The molecule has 1 aliphatic rings. The second-order valence-corrected chi connectivity index (χ2v) is 7.45. The van der Waals surface area contributed by atoms with E-state index in [0.717, 1.165) is 57.0 Å². The molecule has 28 heavy (non-hydrogen) atoms. The third-order valence-corrected chi connectivity index (χ3v) is 5.53. The summed E-state index contributed by atoms with van der Waals surface area (Å²) in [6.45, 7) is 8.23. The molecule has 0 saturated carbocycles. The van der Waals surface area contributed by atoms with E-state index in [-0.39, 0.29) is 6.04 Å². The summed E-state index contributed by atoms with van der Waals surface area (Å²) in [4.78, 5) is 4.93. The first-order valence-corrected chi connectivity index (χ1v) is 10.3. The van der Waals surface area contributed by atoms with Gasteiger partial charge >= 0.3 is 0 Å². The molecule has 2 aromatic rings. The van der Waals surface area contributed by atoms with Crippen LogP contribution in [0.1, 0.15) is 25.0 Å². The fraction of sp³-hybridized carbons (Fsp3) is 0.478. The highest BCUT2D eigenvalue weighted by molar-refractivity contribution is 5.58. The van der Waals surface area contributed by atoms with E-state index in [9.17, 15) is 5.11 Å². The summed E-state index contributed by atoms with van der Waals surface area (Å²) in [5.74, 6) is 0.950. The molecule has 1 heterocycles. The average molecular weight is 384 g/mol. The monoisotopic (exact) mass is 383 g/mol. The summed E-state index contributed by atoms with van der Waals surface area (Å²) >= 11 is 0. The Kier molecular flexibility index (Phi) is 7.71. The number of hydrogen-bond donors (Lipinski definition) is 2. The number of piperazine rings is 1. The quantitative estimate of drug-likeness (QED) is 0.652. The first-order valence-electron chi connectivity index (χ1n) is 10.3. The Morgan fingerprint density at radius 3 is 2.39 bits per heavy atom. The number of benzene rings is 2. The topological polar surface area (TPSA) is 48.0 Å². The highest BCUT2D eigenvalue weighted by atomic mass is 16.5. The number of nitrogens with one attached hydrogen (secondary N) is 1. The number of methoxy groups -OCH3 is 1. The minimum Gasteiger partial charge on any atom is -0.495 e. The first-order chi connectivity index (χ1) is 13.7. The Morgan fingerprint density at radius 1 is 1.00 bits per heavy atom. The zero-order chi connectivity index (χ0) is 19.8. The molecule has 2 aromatic carbocycles. The molecular formula is C23H33N3O2. The molecule has 5 nitrogen and oxygen atoms in total. The van der Waals surface area contributed by atoms with Gasteiger partial charge in [-0.1, -0.05) is 42.5 Å². The second kappa shape index (κ2) is 10.5. The smallest absolute Gasteiger partial charge is 0.142 e. The van der Waals surface area contributed by atoms with E-state index in [1.54, 1.807) is 7.11 Å². The standard InChI is InChI=1S/C23H33N3O2/c1-19(23(27)20-9-4-3-5-10-20)24-13-8-14-25-15-17-26(18-16-25)21-11-6-7-12-22(21)28-2/h3-7,9-12,19,23-24,27H,8,13-18H2,1-2H3. The fourth-order valence-electron chi connectivity index (χ4n) is 3.79. The van der Waals surface area contributed by atoms with Crippen LogP contribution in [0.25, 0.3) is 0 Å². The van der Waals surface area contributed by atoms with E-state index in [4.69, 9.17) is 4.74 Å². The summed E-state index contributed by atoms with van der Waals surface area (Å²) in [6.07, 6.45) is 0.617. The zero-order valence-electron chi connectivity index (χ0n) is 17.1. The van der Waals surface area contributed by atoms with Crippen molar-refractivity contribution in [2.45, 2.75) is 25.5 Å². The largest absolute Gasteiger partial charge is 0.495 e. The lowest BCUT2D eigenvalue weighted by Crippen LogP contribution is -2.47. The lowest BCUT2D eigenvalue weighted by molar-refractivity contribution is 0.135. The van der Waals surface area contributed by atoms with Crippen LogP contribution in [0.5, 0.6) is 5.75 Å². The summed E-state index contributed by atoms with van der Waals surface area (Å²) in [5, 5.41) is 13.9. The van der Waals surface area contributed by atoms with E-state index in [1.165, 1.54) is 5.69 Å². The highest BCUT2D eigenvalue weighted by Gasteiger charge is 2.19. The van der Waals surface area contributed by atoms with Crippen molar-refractivity contribution in [3.8, 4) is 5.75 Å². The lowest BCUT2D eigenvalue weighted by atomic mass is 10.0. The number of para-hydroxylation sites is 2. The SMILES string of the molecule is COc1ccccc1N1CCN(CCCNC(C)C(O)c2ccccc2)CC1. The van der Waals surface area contributed by atoms with Gasteiger partial charge in [-0.25, -0.2) is 0 Å². The van der Waals surface area contributed by atoms with Crippen LogP contribution in [0.2, 0.25) is 0 Å². The van der Waals surface area contributed by atoms with Crippen LogP contribution in [0.3, 0.4) is 0 Å². The predicted molar refractivity (Wildman–Crippen MR) is 115 cm³/mol. The summed E-state index contributed by atoms with van der Waals surface area (Å²) in [5.41, 5.74) is 2.16. The maximum absolute atomic E-state index is 10.4. The normalized spacial score (nSPS) is 17.3. The van der Waals surface area contributed by atoms with Gasteiger partial charge < -0.3 is 20.1 Å². The van der Waals surface area contributed by atoms with Gasteiger partial charge in [-0.05, 0) is 44.1 Å². The van der Waals surface area contributed by atoms with Crippen molar-refractivity contribution in [2.24, 2.45) is 0 Å².